The van der Waals surface area contributed by atoms with Crippen LogP contribution >= 0.6 is 0 Å². The number of hydrogen-bond acceptors (Lipinski definition) is 4. The van der Waals surface area contributed by atoms with Crippen molar-refractivity contribution in [2.75, 3.05) is 16.4 Å². The molecule has 5 nitrogen and oxygen atoms in total. The minimum Gasteiger partial charge on any atom is -0.396 e. The minimum atomic E-state index is -0.0888. The second kappa shape index (κ2) is 5.18. The SMILES string of the molecule is CC(=O)Nc1ccc(Nc2ccncc2N)cc1. The van der Waals surface area contributed by atoms with Gasteiger partial charge in [0.2, 0.25) is 5.91 Å². The number of benzene rings is 1. The van der Waals surface area contributed by atoms with Crippen LogP contribution in [0.5, 0.6) is 0 Å². The van der Waals surface area contributed by atoms with E-state index < -0.39 is 0 Å². The van der Waals surface area contributed by atoms with Crippen molar-refractivity contribution in [1.29, 1.82) is 0 Å². The molecule has 1 aromatic carbocycles. The van der Waals surface area contributed by atoms with Crippen molar-refractivity contribution in [3.63, 3.8) is 0 Å². The van der Waals surface area contributed by atoms with E-state index in [4.69, 9.17) is 5.73 Å². The van der Waals surface area contributed by atoms with Gasteiger partial charge in [0.05, 0.1) is 17.6 Å². The van der Waals surface area contributed by atoms with Gasteiger partial charge in [-0.1, -0.05) is 0 Å². The Bertz CT molecular complexity index is 551. The molecule has 2 rings (SSSR count). The summed E-state index contributed by atoms with van der Waals surface area (Å²) in [6.45, 7) is 1.48. The number of amides is 1. The van der Waals surface area contributed by atoms with Gasteiger partial charge in [-0.15, -0.1) is 0 Å². The Labute approximate surface area is 105 Å². The van der Waals surface area contributed by atoms with E-state index in [1.807, 2.05) is 24.3 Å². The number of nitrogens with zero attached hydrogens (tertiary/aromatic N) is 1. The van der Waals surface area contributed by atoms with Gasteiger partial charge in [0.1, 0.15) is 0 Å². The van der Waals surface area contributed by atoms with Crippen molar-refractivity contribution in [1.82, 2.24) is 4.98 Å². The highest BCUT2D eigenvalue weighted by molar-refractivity contribution is 5.88. The summed E-state index contributed by atoms with van der Waals surface area (Å²) in [6.07, 6.45) is 3.26. The molecule has 1 amide bonds. The van der Waals surface area contributed by atoms with Crippen molar-refractivity contribution in [3.8, 4) is 0 Å². The molecule has 2 aromatic rings. The second-order valence-electron chi connectivity index (χ2n) is 3.85. The maximum atomic E-state index is 10.9. The Hall–Kier alpha value is -2.56. The first-order chi connectivity index (χ1) is 8.65. The minimum absolute atomic E-state index is 0.0888. The van der Waals surface area contributed by atoms with Crippen LogP contribution in [0.4, 0.5) is 22.7 Å². The maximum absolute atomic E-state index is 10.9. The van der Waals surface area contributed by atoms with Crippen molar-refractivity contribution in [3.05, 3.63) is 42.7 Å². The predicted octanol–water partition coefficient (Wildman–Crippen LogP) is 2.37. The summed E-state index contributed by atoms with van der Waals surface area (Å²) in [6, 6.07) is 9.18. The smallest absolute Gasteiger partial charge is 0.221 e. The Morgan fingerprint density at radius 3 is 2.44 bits per heavy atom. The number of carbonyl (C=O) groups is 1. The molecule has 1 heterocycles. The number of nitrogens with two attached hydrogens (primary N) is 1. The van der Waals surface area contributed by atoms with Crippen LogP contribution in [0.25, 0.3) is 0 Å². The van der Waals surface area contributed by atoms with Crippen molar-refractivity contribution in [2.24, 2.45) is 0 Å². The largest absolute Gasteiger partial charge is 0.396 e. The number of hydrogen-bond donors (Lipinski definition) is 3. The molecular formula is C13H14N4O. The molecule has 5 heteroatoms. The Morgan fingerprint density at radius 2 is 1.83 bits per heavy atom. The highest BCUT2D eigenvalue weighted by atomic mass is 16.1. The van der Waals surface area contributed by atoms with E-state index in [0.717, 1.165) is 17.1 Å². The van der Waals surface area contributed by atoms with E-state index in [1.165, 1.54) is 6.92 Å². The van der Waals surface area contributed by atoms with E-state index >= 15 is 0 Å². The summed E-state index contributed by atoms with van der Waals surface area (Å²) in [4.78, 5) is 14.8. The number of nitrogen functional groups attached to an aromatic ring is 1. The second-order valence-corrected chi connectivity index (χ2v) is 3.85. The summed E-state index contributed by atoms with van der Waals surface area (Å²) in [5, 5.41) is 5.88. The fraction of sp³-hybridized carbons (Fsp3) is 0.0769. The lowest BCUT2D eigenvalue weighted by molar-refractivity contribution is -0.114. The Balaban J connectivity index is 2.11. The van der Waals surface area contributed by atoms with Crippen LogP contribution in [0.2, 0.25) is 0 Å². The molecule has 0 spiro atoms. The molecule has 1 aromatic heterocycles. The molecular weight excluding hydrogens is 228 g/mol. The van der Waals surface area contributed by atoms with Crippen molar-refractivity contribution in [2.45, 2.75) is 6.92 Å². The summed E-state index contributed by atoms with van der Waals surface area (Å²) in [5.74, 6) is -0.0888. The molecule has 0 aliphatic rings. The first kappa shape index (κ1) is 11.9. The quantitative estimate of drug-likeness (QED) is 0.772. The lowest BCUT2D eigenvalue weighted by Crippen LogP contribution is -2.05. The van der Waals surface area contributed by atoms with Gasteiger partial charge < -0.3 is 16.4 Å². The van der Waals surface area contributed by atoms with Crippen LogP contribution in [-0.2, 0) is 4.79 Å². The molecule has 92 valence electrons. The van der Waals surface area contributed by atoms with Gasteiger partial charge >= 0.3 is 0 Å². The highest BCUT2D eigenvalue weighted by Crippen LogP contribution is 2.22. The van der Waals surface area contributed by atoms with E-state index in [2.05, 4.69) is 15.6 Å². The molecule has 0 aliphatic heterocycles. The third-order valence-electron chi connectivity index (χ3n) is 2.34. The zero-order chi connectivity index (χ0) is 13.0. The number of pyridine rings is 1. The zero-order valence-electron chi connectivity index (χ0n) is 9.97. The number of carbonyl (C=O) groups excluding carboxylic acids is 1. The van der Waals surface area contributed by atoms with Crippen LogP contribution in [0.1, 0.15) is 6.92 Å². The van der Waals surface area contributed by atoms with E-state index in [0.29, 0.717) is 5.69 Å². The number of aromatic nitrogens is 1. The van der Waals surface area contributed by atoms with Gasteiger partial charge in [-0.05, 0) is 30.3 Å². The standard InChI is InChI=1S/C13H14N4O/c1-9(18)16-10-2-4-11(5-3-10)17-13-6-7-15-8-12(13)14/h2-8H,14H2,1H3,(H,15,17)(H,16,18). The van der Waals surface area contributed by atoms with Gasteiger partial charge in [-0.2, -0.15) is 0 Å². The zero-order valence-corrected chi connectivity index (χ0v) is 9.97. The molecule has 18 heavy (non-hydrogen) atoms. The van der Waals surface area contributed by atoms with Gasteiger partial charge in [0.15, 0.2) is 0 Å². The van der Waals surface area contributed by atoms with Crippen LogP contribution in [0.3, 0.4) is 0 Å². The van der Waals surface area contributed by atoms with E-state index in [1.54, 1.807) is 18.5 Å². The van der Waals surface area contributed by atoms with Crippen LogP contribution in [0.15, 0.2) is 42.7 Å². The molecule has 0 saturated carbocycles. The van der Waals surface area contributed by atoms with E-state index in [9.17, 15) is 4.79 Å². The number of rotatable bonds is 3. The number of anilines is 4. The summed E-state index contributed by atoms with van der Waals surface area (Å²) < 4.78 is 0. The maximum Gasteiger partial charge on any atom is 0.221 e. The average Bonchev–Trinajstić information content (AvgIpc) is 2.34. The lowest BCUT2D eigenvalue weighted by Gasteiger charge is -2.09. The van der Waals surface area contributed by atoms with Crippen LogP contribution in [0, 0.1) is 0 Å². The molecule has 0 atom stereocenters. The first-order valence-corrected chi connectivity index (χ1v) is 5.49. The normalized spacial score (nSPS) is 9.83. The Morgan fingerprint density at radius 1 is 1.17 bits per heavy atom. The number of nitrogens with one attached hydrogen (secondary N) is 2. The fourth-order valence-corrected chi connectivity index (χ4v) is 1.52. The first-order valence-electron chi connectivity index (χ1n) is 5.49. The summed E-state index contributed by atoms with van der Waals surface area (Å²) in [7, 11) is 0. The highest BCUT2D eigenvalue weighted by Gasteiger charge is 2.00. The monoisotopic (exact) mass is 242 g/mol. The lowest BCUT2D eigenvalue weighted by atomic mass is 10.2. The third kappa shape index (κ3) is 2.98. The molecule has 0 saturated heterocycles. The van der Waals surface area contributed by atoms with Crippen LogP contribution in [-0.4, -0.2) is 10.9 Å². The van der Waals surface area contributed by atoms with Crippen molar-refractivity contribution < 1.29 is 4.79 Å². The molecule has 0 radical (unpaired) electrons. The molecule has 0 aliphatic carbocycles. The van der Waals surface area contributed by atoms with Gasteiger partial charge in [0, 0.05) is 24.5 Å². The molecule has 0 unspecified atom stereocenters. The summed E-state index contributed by atoms with van der Waals surface area (Å²) >= 11 is 0. The van der Waals surface area contributed by atoms with Gasteiger partial charge in [-0.3, -0.25) is 9.78 Å². The van der Waals surface area contributed by atoms with Gasteiger partial charge in [-0.25, -0.2) is 0 Å². The predicted molar refractivity (Wildman–Crippen MR) is 72.7 cm³/mol. The average molecular weight is 242 g/mol. The third-order valence-corrected chi connectivity index (χ3v) is 2.34. The Kier molecular flexibility index (Phi) is 3.43. The molecule has 4 N–H and O–H groups in total. The van der Waals surface area contributed by atoms with E-state index in [-0.39, 0.29) is 5.91 Å². The summed E-state index contributed by atoms with van der Waals surface area (Å²) in [5.41, 5.74) is 8.82. The topological polar surface area (TPSA) is 80.0 Å². The molecule has 0 bridgehead atoms. The molecule has 0 fully saturated rings. The van der Waals surface area contributed by atoms with Crippen LogP contribution < -0.4 is 16.4 Å². The fourth-order valence-electron chi connectivity index (χ4n) is 1.52. The van der Waals surface area contributed by atoms with Crippen molar-refractivity contribution >= 4 is 28.7 Å². The van der Waals surface area contributed by atoms with Gasteiger partial charge in [0.25, 0.3) is 0 Å².